The minimum Gasteiger partial charge on any atom is -0.314 e. The summed E-state index contributed by atoms with van der Waals surface area (Å²) in [5.74, 6) is 0.761. The Balaban J connectivity index is 2.63. The zero-order valence-electron chi connectivity index (χ0n) is 12.2. The predicted octanol–water partition coefficient (Wildman–Crippen LogP) is 5.34. The highest BCUT2D eigenvalue weighted by Crippen LogP contribution is 2.24. The Morgan fingerprint density at radius 3 is 2.47 bits per heavy atom. The number of nitrogens with one attached hydrogen (secondary N) is 1. The summed E-state index contributed by atoms with van der Waals surface area (Å²) in [6.07, 6.45) is 4.77. The van der Waals surface area contributed by atoms with Crippen LogP contribution in [0, 0.1) is 5.92 Å². The highest BCUT2D eigenvalue weighted by atomic mass is 35.5. The van der Waals surface area contributed by atoms with Crippen LogP contribution in [0.5, 0.6) is 0 Å². The van der Waals surface area contributed by atoms with Crippen LogP contribution in [0.1, 0.15) is 45.6 Å². The fourth-order valence-corrected chi connectivity index (χ4v) is 2.90. The van der Waals surface area contributed by atoms with Crippen molar-refractivity contribution in [3.05, 3.63) is 33.8 Å². The van der Waals surface area contributed by atoms with Gasteiger partial charge in [-0.15, -0.1) is 0 Å². The van der Waals surface area contributed by atoms with Crippen LogP contribution in [0.4, 0.5) is 0 Å². The van der Waals surface area contributed by atoms with Crippen molar-refractivity contribution in [1.29, 1.82) is 0 Å². The third-order valence-electron chi connectivity index (χ3n) is 3.43. The quantitative estimate of drug-likeness (QED) is 0.683. The second kappa shape index (κ2) is 8.84. The lowest BCUT2D eigenvalue weighted by atomic mass is 9.93. The summed E-state index contributed by atoms with van der Waals surface area (Å²) in [7, 11) is 0. The van der Waals surface area contributed by atoms with Crippen molar-refractivity contribution in [3.8, 4) is 0 Å². The molecule has 108 valence electrons. The smallest absolute Gasteiger partial charge is 0.0595 e. The number of benzene rings is 1. The maximum atomic E-state index is 6.08. The lowest BCUT2D eigenvalue weighted by Gasteiger charge is -2.22. The van der Waals surface area contributed by atoms with Gasteiger partial charge in [0.05, 0.1) is 10.0 Å². The van der Waals surface area contributed by atoms with E-state index in [1.165, 1.54) is 24.8 Å². The minimum atomic E-state index is 0.517. The lowest BCUT2D eigenvalue weighted by molar-refractivity contribution is 0.385. The molecule has 0 aromatic heterocycles. The van der Waals surface area contributed by atoms with Gasteiger partial charge < -0.3 is 5.32 Å². The van der Waals surface area contributed by atoms with Gasteiger partial charge in [0.1, 0.15) is 0 Å². The molecule has 0 saturated heterocycles. The van der Waals surface area contributed by atoms with Gasteiger partial charge in [0.15, 0.2) is 0 Å². The van der Waals surface area contributed by atoms with E-state index in [9.17, 15) is 0 Å². The van der Waals surface area contributed by atoms with Gasteiger partial charge in [-0.2, -0.15) is 0 Å². The normalized spacial score (nSPS) is 14.4. The van der Waals surface area contributed by atoms with Gasteiger partial charge in [-0.25, -0.2) is 0 Å². The van der Waals surface area contributed by atoms with Crippen LogP contribution < -0.4 is 5.32 Å². The highest BCUT2D eigenvalue weighted by molar-refractivity contribution is 6.42. The Bertz CT molecular complexity index is 379. The summed E-state index contributed by atoms with van der Waals surface area (Å²) in [4.78, 5) is 0. The largest absolute Gasteiger partial charge is 0.314 e. The van der Waals surface area contributed by atoms with Gasteiger partial charge in [-0.3, -0.25) is 0 Å². The standard InChI is InChI=1S/C16H25Cl2N/c1-4-6-12(3)9-14(19-5-2)10-13-7-8-15(17)16(18)11-13/h7-8,11-12,14,19H,4-6,9-10H2,1-3H3. The molecule has 0 aliphatic rings. The maximum absolute atomic E-state index is 6.08. The van der Waals surface area contributed by atoms with Gasteiger partial charge in [0.2, 0.25) is 0 Å². The van der Waals surface area contributed by atoms with E-state index in [0.717, 1.165) is 18.9 Å². The molecule has 19 heavy (non-hydrogen) atoms. The molecule has 1 nitrogen and oxygen atoms in total. The van der Waals surface area contributed by atoms with Crippen molar-refractivity contribution < 1.29 is 0 Å². The van der Waals surface area contributed by atoms with E-state index in [1.54, 1.807) is 0 Å². The molecule has 2 unspecified atom stereocenters. The fraction of sp³-hybridized carbons (Fsp3) is 0.625. The van der Waals surface area contributed by atoms with Crippen LogP contribution in [-0.2, 0) is 6.42 Å². The first-order valence-corrected chi connectivity index (χ1v) is 7.99. The first-order valence-electron chi connectivity index (χ1n) is 7.24. The van der Waals surface area contributed by atoms with E-state index in [4.69, 9.17) is 23.2 Å². The van der Waals surface area contributed by atoms with E-state index in [0.29, 0.717) is 16.1 Å². The molecule has 0 amide bonds. The summed E-state index contributed by atoms with van der Waals surface area (Å²) in [6.45, 7) is 7.75. The molecule has 0 aliphatic heterocycles. The molecule has 1 aromatic carbocycles. The zero-order valence-corrected chi connectivity index (χ0v) is 13.7. The van der Waals surface area contributed by atoms with E-state index >= 15 is 0 Å². The second-order valence-corrected chi connectivity index (χ2v) is 6.15. The first kappa shape index (κ1) is 16.8. The Morgan fingerprint density at radius 2 is 1.89 bits per heavy atom. The van der Waals surface area contributed by atoms with E-state index < -0.39 is 0 Å². The number of halogens is 2. The third-order valence-corrected chi connectivity index (χ3v) is 4.17. The molecule has 0 bridgehead atoms. The fourth-order valence-electron chi connectivity index (χ4n) is 2.57. The van der Waals surface area contributed by atoms with Crippen LogP contribution in [0.25, 0.3) is 0 Å². The molecule has 1 N–H and O–H groups in total. The van der Waals surface area contributed by atoms with Crippen LogP contribution in [0.15, 0.2) is 18.2 Å². The van der Waals surface area contributed by atoms with E-state index in [1.807, 2.05) is 12.1 Å². The Hall–Kier alpha value is -0.240. The average molecular weight is 302 g/mol. The molecule has 2 atom stereocenters. The topological polar surface area (TPSA) is 12.0 Å². The zero-order chi connectivity index (χ0) is 14.3. The molecule has 0 aliphatic carbocycles. The molecule has 0 fully saturated rings. The summed E-state index contributed by atoms with van der Waals surface area (Å²) >= 11 is 12.0. The molecule has 1 aromatic rings. The van der Waals surface area contributed by atoms with Crippen molar-refractivity contribution >= 4 is 23.2 Å². The molecule has 0 radical (unpaired) electrons. The molecule has 3 heteroatoms. The van der Waals surface area contributed by atoms with Crippen molar-refractivity contribution in [1.82, 2.24) is 5.32 Å². The second-order valence-electron chi connectivity index (χ2n) is 5.34. The Morgan fingerprint density at radius 1 is 1.16 bits per heavy atom. The molecular weight excluding hydrogens is 277 g/mol. The highest BCUT2D eigenvalue weighted by Gasteiger charge is 2.13. The molecule has 0 heterocycles. The summed E-state index contributed by atoms with van der Waals surface area (Å²) in [5.41, 5.74) is 1.25. The van der Waals surface area contributed by atoms with Gasteiger partial charge in [-0.1, -0.05) is 62.9 Å². The van der Waals surface area contributed by atoms with Crippen molar-refractivity contribution in [2.75, 3.05) is 6.54 Å². The predicted molar refractivity (Wildman–Crippen MR) is 86.3 cm³/mol. The van der Waals surface area contributed by atoms with Gasteiger partial charge >= 0.3 is 0 Å². The molecule has 1 rings (SSSR count). The van der Waals surface area contributed by atoms with Crippen LogP contribution in [-0.4, -0.2) is 12.6 Å². The SMILES string of the molecule is CCCC(C)CC(Cc1ccc(Cl)c(Cl)c1)NCC. The summed E-state index contributed by atoms with van der Waals surface area (Å²) in [5, 5.41) is 4.86. The number of hydrogen-bond donors (Lipinski definition) is 1. The third kappa shape index (κ3) is 6.16. The monoisotopic (exact) mass is 301 g/mol. The van der Waals surface area contributed by atoms with Crippen LogP contribution in [0.3, 0.4) is 0 Å². The number of rotatable bonds is 8. The van der Waals surface area contributed by atoms with Crippen molar-refractivity contribution in [3.63, 3.8) is 0 Å². The van der Waals surface area contributed by atoms with Gasteiger partial charge in [0, 0.05) is 6.04 Å². The molecular formula is C16H25Cl2N. The first-order chi connectivity index (χ1) is 9.06. The van der Waals surface area contributed by atoms with Gasteiger partial charge in [-0.05, 0) is 43.0 Å². The number of hydrogen-bond acceptors (Lipinski definition) is 1. The average Bonchev–Trinajstić information content (AvgIpc) is 2.34. The van der Waals surface area contributed by atoms with E-state index in [-0.39, 0.29) is 0 Å². The Kier molecular flexibility index (Phi) is 7.82. The number of likely N-dealkylation sites (N-methyl/N-ethyl adjacent to an activating group) is 1. The summed E-state index contributed by atoms with van der Waals surface area (Å²) < 4.78 is 0. The Labute approximate surface area is 127 Å². The van der Waals surface area contributed by atoms with E-state index in [2.05, 4.69) is 32.2 Å². The minimum absolute atomic E-state index is 0.517. The maximum Gasteiger partial charge on any atom is 0.0595 e. The summed E-state index contributed by atoms with van der Waals surface area (Å²) in [6, 6.07) is 6.46. The molecule has 0 saturated carbocycles. The molecule has 0 spiro atoms. The van der Waals surface area contributed by atoms with Crippen molar-refractivity contribution in [2.24, 2.45) is 5.92 Å². The van der Waals surface area contributed by atoms with Crippen LogP contribution >= 0.6 is 23.2 Å². The van der Waals surface area contributed by atoms with Crippen LogP contribution in [0.2, 0.25) is 10.0 Å². The van der Waals surface area contributed by atoms with Crippen molar-refractivity contribution in [2.45, 2.75) is 52.5 Å². The lowest BCUT2D eigenvalue weighted by Crippen LogP contribution is -2.32. The van der Waals surface area contributed by atoms with Gasteiger partial charge in [0.25, 0.3) is 0 Å².